The van der Waals surface area contributed by atoms with Gasteiger partial charge in [0, 0.05) is 24.2 Å². The van der Waals surface area contributed by atoms with Crippen molar-refractivity contribution in [3.8, 4) is 17.2 Å². The number of amides is 2. The third-order valence-electron chi connectivity index (χ3n) is 5.04. The van der Waals surface area contributed by atoms with Crippen LogP contribution in [0.25, 0.3) is 0 Å². The van der Waals surface area contributed by atoms with E-state index in [1.807, 2.05) is 0 Å². The van der Waals surface area contributed by atoms with Crippen LogP contribution in [-0.2, 0) is 9.53 Å². The maximum atomic E-state index is 13.1. The molecular weight excluding hydrogens is 471 g/mol. The normalized spacial score (nSPS) is 15.8. The van der Waals surface area contributed by atoms with Gasteiger partial charge in [0.2, 0.25) is 0 Å². The third kappa shape index (κ3) is 5.46. The van der Waals surface area contributed by atoms with Gasteiger partial charge in [-0.05, 0) is 36.8 Å². The number of hydrogen-bond donors (Lipinski definition) is 1. The number of nitrogens with one attached hydrogen (secondary N) is 1. The summed E-state index contributed by atoms with van der Waals surface area (Å²) in [6.07, 6.45) is 0. The smallest absolute Gasteiger partial charge is 0.338 e. The van der Waals surface area contributed by atoms with Crippen LogP contribution in [0.15, 0.2) is 47.7 Å². The summed E-state index contributed by atoms with van der Waals surface area (Å²) in [5.74, 6) is 0.735. The number of hydrogen-bond acceptors (Lipinski definition) is 6. The summed E-state index contributed by atoms with van der Waals surface area (Å²) in [6, 6.07) is 8.65. The predicted molar refractivity (Wildman–Crippen MR) is 124 cm³/mol. The van der Waals surface area contributed by atoms with Gasteiger partial charge in [-0.2, -0.15) is 0 Å². The minimum absolute atomic E-state index is 0.129. The van der Waals surface area contributed by atoms with E-state index in [4.69, 9.17) is 42.1 Å². The molecule has 10 heteroatoms. The molecule has 0 fully saturated rings. The van der Waals surface area contributed by atoms with Gasteiger partial charge in [0.15, 0.2) is 0 Å². The van der Waals surface area contributed by atoms with E-state index in [1.54, 1.807) is 43.3 Å². The van der Waals surface area contributed by atoms with Crippen LogP contribution in [0.3, 0.4) is 0 Å². The van der Waals surface area contributed by atoms with Gasteiger partial charge in [0.25, 0.3) is 0 Å². The summed E-state index contributed by atoms with van der Waals surface area (Å²) >= 11 is 12.3. The topological polar surface area (TPSA) is 86.3 Å². The molecule has 3 rings (SSSR count). The Balaban J connectivity index is 2.10. The molecule has 0 saturated carbocycles. The summed E-state index contributed by atoms with van der Waals surface area (Å²) < 4.78 is 21.9. The molecule has 1 atom stereocenters. The molecule has 0 bridgehead atoms. The van der Waals surface area contributed by atoms with Gasteiger partial charge in [-0.3, -0.25) is 4.90 Å². The number of benzene rings is 2. The number of carbonyl (C=O) groups excluding carboxylic acids is 2. The lowest BCUT2D eigenvalue weighted by Gasteiger charge is -2.34. The summed E-state index contributed by atoms with van der Waals surface area (Å²) in [6.45, 7) is 1.73. The molecule has 0 spiro atoms. The average molecular weight is 495 g/mol. The zero-order valence-corrected chi connectivity index (χ0v) is 20.1. The first-order valence-corrected chi connectivity index (χ1v) is 10.8. The lowest BCUT2D eigenvalue weighted by atomic mass is 9.94. The second-order valence-corrected chi connectivity index (χ2v) is 7.88. The number of esters is 1. The standard InChI is InChI=1S/C23H24Cl2N2O6/c1-5-32-22(28)20-18(12-33-19-10-14(24)6-7-17(19)25)27(2)23(29)26-21(20)13-8-15(30-3)11-16(9-13)31-4/h6-11,21H,5,12H2,1-4H3,(H,26,29)/t21-/m0/s1. The van der Waals surface area contributed by atoms with Gasteiger partial charge >= 0.3 is 12.0 Å². The quantitative estimate of drug-likeness (QED) is 0.539. The largest absolute Gasteiger partial charge is 0.497 e. The highest BCUT2D eigenvalue weighted by Gasteiger charge is 2.37. The predicted octanol–water partition coefficient (Wildman–Crippen LogP) is 4.60. The first kappa shape index (κ1) is 24.5. The van der Waals surface area contributed by atoms with Crippen molar-refractivity contribution < 1.29 is 28.5 Å². The minimum Gasteiger partial charge on any atom is -0.497 e. The third-order valence-corrected chi connectivity index (χ3v) is 5.58. The first-order chi connectivity index (χ1) is 15.8. The number of ether oxygens (including phenoxy) is 4. The fourth-order valence-corrected chi connectivity index (χ4v) is 3.70. The van der Waals surface area contributed by atoms with Crippen molar-refractivity contribution >= 4 is 35.2 Å². The Labute approximate surface area is 202 Å². The van der Waals surface area contributed by atoms with Crippen molar-refractivity contribution in [2.75, 3.05) is 34.5 Å². The van der Waals surface area contributed by atoms with Crippen LogP contribution in [0, 0.1) is 0 Å². The van der Waals surface area contributed by atoms with Crippen molar-refractivity contribution in [2.45, 2.75) is 13.0 Å². The molecule has 1 aliphatic heterocycles. The van der Waals surface area contributed by atoms with Crippen LogP contribution in [0.5, 0.6) is 17.2 Å². The SMILES string of the molecule is CCOC(=O)C1=C(COc2cc(Cl)ccc2Cl)N(C)C(=O)N[C@H]1c1cc(OC)cc(OC)c1. The summed E-state index contributed by atoms with van der Waals surface area (Å²) in [5, 5.41) is 3.62. The van der Waals surface area contributed by atoms with Crippen LogP contribution in [0.2, 0.25) is 10.0 Å². The van der Waals surface area contributed by atoms with Crippen molar-refractivity contribution in [1.29, 1.82) is 0 Å². The minimum atomic E-state index is -0.829. The van der Waals surface area contributed by atoms with Gasteiger partial charge in [0.1, 0.15) is 23.9 Å². The van der Waals surface area contributed by atoms with Crippen molar-refractivity contribution in [1.82, 2.24) is 10.2 Å². The van der Waals surface area contributed by atoms with E-state index >= 15 is 0 Å². The van der Waals surface area contributed by atoms with Crippen LogP contribution in [0.1, 0.15) is 18.5 Å². The second kappa shape index (κ2) is 10.7. The highest BCUT2D eigenvalue weighted by Crippen LogP contribution is 2.36. The van der Waals surface area contributed by atoms with Crippen molar-refractivity contribution in [3.63, 3.8) is 0 Å². The van der Waals surface area contributed by atoms with Gasteiger partial charge in [-0.1, -0.05) is 23.2 Å². The second-order valence-electron chi connectivity index (χ2n) is 7.03. The Morgan fingerprint density at radius 3 is 2.36 bits per heavy atom. The molecule has 1 heterocycles. The molecule has 0 unspecified atom stereocenters. The van der Waals surface area contributed by atoms with Gasteiger partial charge in [0.05, 0.1) is 43.2 Å². The average Bonchev–Trinajstić information content (AvgIpc) is 2.81. The van der Waals surface area contributed by atoms with E-state index in [-0.39, 0.29) is 18.8 Å². The van der Waals surface area contributed by atoms with Crippen LogP contribution in [-0.4, -0.2) is 51.4 Å². The monoisotopic (exact) mass is 494 g/mol. The molecule has 1 N–H and O–H groups in total. The summed E-state index contributed by atoms with van der Waals surface area (Å²) in [5.41, 5.74) is 1.11. The molecule has 176 valence electrons. The number of carbonyl (C=O) groups is 2. The molecule has 0 aromatic heterocycles. The number of urea groups is 1. The Morgan fingerprint density at radius 2 is 1.76 bits per heavy atom. The number of likely N-dealkylation sites (N-methyl/N-ethyl adjacent to an activating group) is 1. The summed E-state index contributed by atoms with van der Waals surface area (Å²) in [4.78, 5) is 27.2. The Hall–Kier alpha value is -3.10. The number of methoxy groups -OCH3 is 2. The van der Waals surface area contributed by atoms with E-state index in [9.17, 15) is 9.59 Å². The molecule has 0 aliphatic carbocycles. The van der Waals surface area contributed by atoms with Crippen molar-refractivity contribution in [2.24, 2.45) is 0 Å². The van der Waals surface area contributed by atoms with Crippen molar-refractivity contribution in [3.05, 3.63) is 63.3 Å². The Kier molecular flexibility index (Phi) is 7.94. The van der Waals surface area contributed by atoms with E-state index in [1.165, 1.54) is 26.2 Å². The molecule has 2 aromatic carbocycles. The summed E-state index contributed by atoms with van der Waals surface area (Å²) in [7, 11) is 4.57. The Bertz CT molecular complexity index is 1070. The van der Waals surface area contributed by atoms with Crippen LogP contribution in [0.4, 0.5) is 4.79 Å². The van der Waals surface area contributed by atoms with Gasteiger partial charge < -0.3 is 24.3 Å². The molecule has 0 radical (unpaired) electrons. The molecule has 8 nitrogen and oxygen atoms in total. The zero-order valence-electron chi connectivity index (χ0n) is 18.6. The van der Waals surface area contributed by atoms with Crippen LogP contribution >= 0.6 is 23.2 Å². The van der Waals surface area contributed by atoms with E-state index < -0.39 is 18.0 Å². The van der Waals surface area contributed by atoms with E-state index in [2.05, 4.69) is 5.32 Å². The van der Waals surface area contributed by atoms with Crippen LogP contribution < -0.4 is 19.5 Å². The zero-order chi connectivity index (χ0) is 24.1. The fraction of sp³-hybridized carbons (Fsp3) is 0.304. The first-order valence-electron chi connectivity index (χ1n) is 10.0. The number of rotatable bonds is 8. The number of nitrogens with zero attached hydrogens (tertiary/aromatic N) is 1. The fourth-order valence-electron chi connectivity index (χ4n) is 3.36. The maximum absolute atomic E-state index is 13.1. The van der Waals surface area contributed by atoms with E-state index in [0.29, 0.717) is 38.6 Å². The highest BCUT2D eigenvalue weighted by atomic mass is 35.5. The molecule has 1 aliphatic rings. The molecule has 2 amide bonds. The lowest BCUT2D eigenvalue weighted by Crippen LogP contribution is -2.48. The highest BCUT2D eigenvalue weighted by molar-refractivity contribution is 6.34. The Morgan fingerprint density at radius 1 is 1.09 bits per heavy atom. The molecule has 2 aromatic rings. The molecule has 0 saturated heterocycles. The van der Waals surface area contributed by atoms with Gasteiger partial charge in [-0.15, -0.1) is 0 Å². The van der Waals surface area contributed by atoms with E-state index in [0.717, 1.165) is 0 Å². The maximum Gasteiger partial charge on any atom is 0.338 e. The molecule has 33 heavy (non-hydrogen) atoms. The number of halogens is 2. The van der Waals surface area contributed by atoms with Gasteiger partial charge in [-0.25, -0.2) is 9.59 Å². The molecular formula is C23H24Cl2N2O6. The lowest BCUT2D eigenvalue weighted by molar-refractivity contribution is -0.139.